The fraction of sp³-hybridized carbons (Fsp3) is 0.375. The molecule has 0 radical (unpaired) electrons. The molecule has 0 saturated carbocycles. The number of nitrogens with two attached hydrogens (primary N) is 1. The predicted octanol–water partition coefficient (Wildman–Crippen LogP) is 3.31. The van der Waals surface area contributed by atoms with Gasteiger partial charge in [-0.25, -0.2) is 9.59 Å². The van der Waals surface area contributed by atoms with Crippen LogP contribution in [0.5, 0.6) is 0 Å². The summed E-state index contributed by atoms with van der Waals surface area (Å²) in [4.78, 5) is 35.6. The second-order valence-electron chi connectivity index (χ2n) is 8.06. The summed E-state index contributed by atoms with van der Waals surface area (Å²) in [5.41, 5.74) is 8.15. The topological polar surface area (TPSA) is 131 Å². The third-order valence-corrected chi connectivity index (χ3v) is 4.81. The molecule has 8 nitrogen and oxygen atoms in total. The number of carboxylic acids is 1. The number of amides is 2. The van der Waals surface area contributed by atoms with Crippen LogP contribution >= 0.6 is 0 Å². The lowest BCUT2D eigenvalue weighted by Gasteiger charge is -2.15. The fourth-order valence-corrected chi connectivity index (χ4v) is 3.08. The number of aryl methyl sites for hydroxylation is 1. The molecule has 2 aromatic carbocycles. The summed E-state index contributed by atoms with van der Waals surface area (Å²) < 4.78 is 5.14. The van der Waals surface area contributed by atoms with Crippen molar-refractivity contribution in [2.24, 2.45) is 11.7 Å². The molecule has 8 heteroatoms. The average Bonchev–Trinajstić information content (AvgIpc) is 2.76. The van der Waals surface area contributed by atoms with E-state index in [2.05, 4.69) is 10.6 Å². The molecular formula is C24H31N3O5. The van der Waals surface area contributed by atoms with Crippen molar-refractivity contribution in [3.8, 4) is 0 Å². The molecule has 32 heavy (non-hydrogen) atoms. The van der Waals surface area contributed by atoms with Crippen molar-refractivity contribution in [2.75, 3.05) is 5.32 Å². The summed E-state index contributed by atoms with van der Waals surface area (Å²) in [7, 11) is 0. The number of carbonyl (C=O) groups is 3. The number of hydrogen-bond acceptors (Lipinski definition) is 5. The Labute approximate surface area is 188 Å². The zero-order valence-corrected chi connectivity index (χ0v) is 18.4. The van der Waals surface area contributed by atoms with Crippen molar-refractivity contribution >= 4 is 23.7 Å². The van der Waals surface area contributed by atoms with E-state index in [1.807, 2.05) is 44.2 Å². The summed E-state index contributed by atoms with van der Waals surface area (Å²) in [5, 5.41) is 14.5. The smallest absolute Gasteiger partial charge is 0.408 e. The van der Waals surface area contributed by atoms with Crippen molar-refractivity contribution in [2.45, 2.75) is 51.8 Å². The Kier molecular flexibility index (Phi) is 9.69. The second kappa shape index (κ2) is 12.5. The first-order chi connectivity index (χ1) is 15.2. The number of nitrogens with one attached hydrogen (secondary N) is 2. The number of ether oxygens (including phenoxy) is 1. The zero-order valence-electron chi connectivity index (χ0n) is 18.4. The summed E-state index contributed by atoms with van der Waals surface area (Å²) in [6, 6.07) is 14.6. The van der Waals surface area contributed by atoms with E-state index >= 15 is 0 Å². The van der Waals surface area contributed by atoms with Crippen molar-refractivity contribution in [3.63, 3.8) is 0 Å². The molecule has 0 aromatic heterocycles. The van der Waals surface area contributed by atoms with Gasteiger partial charge in [0.2, 0.25) is 5.91 Å². The van der Waals surface area contributed by atoms with E-state index < -0.39 is 24.1 Å². The first kappa shape index (κ1) is 24.9. The molecule has 0 spiro atoms. The van der Waals surface area contributed by atoms with Crippen LogP contribution in [0.15, 0.2) is 54.6 Å². The van der Waals surface area contributed by atoms with Crippen LogP contribution < -0.4 is 16.4 Å². The van der Waals surface area contributed by atoms with Crippen LogP contribution in [-0.4, -0.2) is 35.2 Å². The van der Waals surface area contributed by atoms with Crippen LogP contribution in [0.4, 0.5) is 10.5 Å². The lowest BCUT2D eigenvalue weighted by molar-refractivity contribution is -0.139. The monoisotopic (exact) mass is 441 g/mol. The molecule has 0 aliphatic heterocycles. The predicted molar refractivity (Wildman–Crippen MR) is 122 cm³/mol. The maximum Gasteiger partial charge on any atom is 0.408 e. The van der Waals surface area contributed by atoms with Crippen LogP contribution in [-0.2, 0) is 27.4 Å². The van der Waals surface area contributed by atoms with Gasteiger partial charge in [-0.15, -0.1) is 0 Å². The van der Waals surface area contributed by atoms with Gasteiger partial charge in [0, 0.05) is 5.69 Å². The molecule has 2 unspecified atom stereocenters. The number of carboxylic acid groups (broad SMARTS) is 1. The fourth-order valence-electron chi connectivity index (χ4n) is 3.08. The molecule has 2 aromatic rings. The molecule has 172 valence electrons. The Hall–Kier alpha value is -3.39. The van der Waals surface area contributed by atoms with E-state index in [0.717, 1.165) is 5.56 Å². The summed E-state index contributed by atoms with van der Waals surface area (Å²) >= 11 is 0. The molecule has 0 fully saturated rings. The van der Waals surface area contributed by atoms with Gasteiger partial charge in [-0.1, -0.05) is 56.3 Å². The van der Waals surface area contributed by atoms with Gasteiger partial charge in [0.15, 0.2) is 0 Å². The molecule has 0 aliphatic carbocycles. The third kappa shape index (κ3) is 8.77. The lowest BCUT2D eigenvalue weighted by Crippen LogP contribution is -2.41. The third-order valence-electron chi connectivity index (χ3n) is 4.81. The zero-order chi connectivity index (χ0) is 23.5. The van der Waals surface area contributed by atoms with E-state index in [0.29, 0.717) is 30.0 Å². The number of anilines is 1. The molecule has 0 aliphatic rings. The number of hydrogen-bond donors (Lipinski definition) is 4. The van der Waals surface area contributed by atoms with E-state index in [1.165, 1.54) is 0 Å². The van der Waals surface area contributed by atoms with Gasteiger partial charge >= 0.3 is 12.1 Å². The van der Waals surface area contributed by atoms with Gasteiger partial charge in [-0.2, -0.15) is 0 Å². The van der Waals surface area contributed by atoms with Crippen LogP contribution in [0.2, 0.25) is 0 Å². The van der Waals surface area contributed by atoms with Crippen LogP contribution in [0, 0.1) is 5.92 Å². The quantitative estimate of drug-likeness (QED) is 0.423. The van der Waals surface area contributed by atoms with Crippen LogP contribution in [0.25, 0.3) is 0 Å². The summed E-state index contributed by atoms with van der Waals surface area (Å²) in [5.74, 6) is -1.05. The van der Waals surface area contributed by atoms with E-state index in [1.54, 1.807) is 24.3 Å². The Morgan fingerprint density at radius 1 is 1.00 bits per heavy atom. The molecule has 2 amide bonds. The van der Waals surface area contributed by atoms with E-state index in [4.69, 9.17) is 10.5 Å². The van der Waals surface area contributed by atoms with Gasteiger partial charge in [0.1, 0.15) is 12.6 Å². The van der Waals surface area contributed by atoms with Gasteiger partial charge in [0.05, 0.1) is 6.04 Å². The van der Waals surface area contributed by atoms with E-state index in [9.17, 15) is 19.5 Å². The lowest BCUT2D eigenvalue weighted by atomic mass is 10.0. The van der Waals surface area contributed by atoms with Crippen molar-refractivity contribution in [3.05, 3.63) is 65.7 Å². The molecule has 2 rings (SSSR count). The SMILES string of the molecule is CC(C)CC(N)C(=O)Nc1ccc(COC(=O)NC(CCc2ccccc2)C(=O)O)cc1. The molecule has 0 bridgehead atoms. The summed E-state index contributed by atoms with van der Waals surface area (Å²) in [6.45, 7) is 3.97. The second-order valence-corrected chi connectivity index (χ2v) is 8.06. The maximum atomic E-state index is 12.1. The van der Waals surface area contributed by atoms with Crippen LogP contribution in [0.3, 0.4) is 0 Å². The average molecular weight is 442 g/mol. The number of aliphatic carboxylic acids is 1. The number of carbonyl (C=O) groups excluding carboxylic acids is 2. The van der Waals surface area contributed by atoms with Crippen LogP contribution in [0.1, 0.15) is 37.8 Å². The normalized spacial score (nSPS) is 12.6. The van der Waals surface area contributed by atoms with Gasteiger partial charge < -0.3 is 26.2 Å². The summed E-state index contributed by atoms with van der Waals surface area (Å²) in [6.07, 6.45) is 0.561. The molecule has 0 saturated heterocycles. The van der Waals surface area contributed by atoms with Crippen molar-refractivity contribution in [1.82, 2.24) is 5.32 Å². The highest BCUT2D eigenvalue weighted by molar-refractivity contribution is 5.94. The number of alkyl carbamates (subject to hydrolysis) is 1. The minimum atomic E-state index is -1.12. The minimum Gasteiger partial charge on any atom is -0.480 e. The Balaban J connectivity index is 1.79. The van der Waals surface area contributed by atoms with Gasteiger partial charge in [0.25, 0.3) is 0 Å². The first-order valence-electron chi connectivity index (χ1n) is 10.6. The Bertz CT molecular complexity index is 884. The minimum absolute atomic E-state index is 0.0298. The first-order valence-corrected chi connectivity index (χ1v) is 10.6. The van der Waals surface area contributed by atoms with Crippen molar-refractivity contribution in [1.29, 1.82) is 0 Å². The highest BCUT2D eigenvalue weighted by Crippen LogP contribution is 2.12. The van der Waals surface area contributed by atoms with E-state index in [-0.39, 0.29) is 18.9 Å². The molecule has 5 N–H and O–H groups in total. The maximum absolute atomic E-state index is 12.1. The highest BCUT2D eigenvalue weighted by Gasteiger charge is 2.20. The number of benzene rings is 2. The van der Waals surface area contributed by atoms with Gasteiger partial charge in [-0.05, 0) is 48.4 Å². The highest BCUT2D eigenvalue weighted by atomic mass is 16.5. The largest absolute Gasteiger partial charge is 0.480 e. The number of rotatable bonds is 11. The Morgan fingerprint density at radius 2 is 1.66 bits per heavy atom. The standard InChI is InChI=1S/C24H31N3O5/c1-16(2)14-20(25)22(28)26-19-11-8-18(9-12-19)15-32-24(31)27-21(23(29)30)13-10-17-6-4-3-5-7-17/h3-9,11-12,16,20-21H,10,13-15,25H2,1-2H3,(H,26,28)(H,27,31)(H,29,30). The van der Waals surface area contributed by atoms with Crippen molar-refractivity contribution < 1.29 is 24.2 Å². The molecular weight excluding hydrogens is 410 g/mol. The molecule has 2 atom stereocenters. The molecule has 0 heterocycles. The van der Waals surface area contributed by atoms with Gasteiger partial charge in [-0.3, -0.25) is 4.79 Å². The Morgan fingerprint density at radius 3 is 2.25 bits per heavy atom.